The van der Waals surface area contributed by atoms with E-state index in [1.54, 1.807) is 0 Å². The molecule has 3 fully saturated rings. The fourth-order valence-corrected chi connectivity index (χ4v) is 3.76. The summed E-state index contributed by atoms with van der Waals surface area (Å²) in [6, 6.07) is 0.966. The Hall–Kier alpha value is -0.0800. The van der Waals surface area contributed by atoms with Crippen LogP contribution in [-0.2, 0) is 0 Å². The molecule has 15 heavy (non-hydrogen) atoms. The van der Waals surface area contributed by atoms with Crippen LogP contribution in [-0.4, -0.2) is 37.1 Å². The van der Waals surface area contributed by atoms with E-state index in [-0.39, 0.29) is 0 Å². The summed E-state index contributed by atoms with van der Waals surface area (Å²) in [6.07, 6.45) is 8.99. The third-order valence-corrected chi connectivity index (χ3v) is 4.72. The molecule has 1 atom stereocenters. The predicted molar refractivity (Wildman–Crippen MR) is 62.9 cm³/mol. The lowest BCUT2D eigenvalue weighted by molar-refractivity contribution is 0.143. The second kappa shape index (κ2) is 4.42. The Morgan fingerprint density at radius 1 is 1.00 bits per heavy atom. The summed E-state index contributed by atoms with van der Waals surface area (Å²) in [5, 5.41) is 3.39. The third-order valence-electron chi connectivity index (χ3n) is 4.72. The SMILES string of the molecule is C1CCC(C2CCCN2CC2CNC2)C1. The van der Waals surface area contributed by atoms with Crippen LogP contribution in [0.1, 0.15) is 38.5 Å². The van der Waals surface area contributed by atoms with E-state index in [9.17, 15) is 0 Å². The van der Waals surface area contributed by atoms with E-state index in [1.807, 2.05) is 0 Å². The normalized spacial score (nSPS) is 34.8. The number of nitrogens with one attached hydrogen (secondary N) is 1. The molecule has 0 radical (unpaired) electrons. The second-order valence-corrected chi connectivity index (χ2v) is 5.77. The van der Waals surface area contributed by atoms with Crippen LogP contribution < -0.4 is 5.32 Å². The van der Waals surface area contributed by atoms with Crippen molar-refractivity contribution >= 4 is 0 Å². The molecule has 1 unspecified atom stereocenters. The van der Waals surface area contributed by atoms with Crippen molar-refractivity contribution in [2.45, 2.75) is 44.6 Å². The monoisotopic (exact) mass is 208 g/mol. The molecule has 0 aromatic rings. The number of nitrogens with zero attached hydrogens (tertiary/aromatic N) is 1. The molecule has 2 nitrogen and oxygen atoms in total. The van der Waals surface area contributed by atoms with Crippen LogP contribution in [0.4, 0.5) is 0 Å². The quantitative estimate of drug-likeness (QED) is 0.761. The zero-order valence-electron chi connectivity index (χ0n) is 9.75. The first kappa shape index (κ1) is 10.1. The van der Waals surface area contributed by atoms with Gasteiger partial charge < -0.3 is 5.32 Å². The van der Waals surface area contributed by atoms with Gasteiger partial charge in [-0.1, -0.05) is 12.8 Å². The van der Waals surface area contributed by atoms with Gasteiger partial charge in [-0.2, -0.15) is 0 Å². The molecule has 1 aliphatic carbocycles. The van der Waals surface area contributed by atoms with Crippen LogP contribution >= 0.6 is 0 Å². The molecule has 0 aromatic carbocycles. The van der Waals surface area contributed by atoms with Crippen LogP contribution in [0.25, 0.3) is 0 Å². The van der Waals surface area contributed by atoms with Gasteiger partial charge in [0.05, 0.1) is 0 Å². The molecule has 1 N–H and O–H groups in total. The number of rotatable bonds is 3. The smallest absolute Gasteiger partial charge is 0.0124 e. The highest BCUT2D eigenvalue weighted by Crippen LogP contribution is 2.35. The summed E-state index contributed by atoms with van der Waals surface area (Å²) < 4.78 is 0. The highest BCUT2D eigenvalue weighted by Gasteiger charge is 2.34. The third kappa shape index (κ3) is 2.07. The van der Waals surface area contributed by atoms with Gasteiger partial charge in [-0.3, -0.25) is 4.90 Å². The Balaban J connectivity index is 1.55. The number of hydrogen-bond acceptors (Lipinski definition) is 2. The van der Waals surface area contributed by atoms with Gasteiger partial charge in [-0.05, 0) is 44.1 Å². The molecule has 1 saturated carbocycles. The first-order valence-electron chi connectivity index (χ1n) is 6.88. The Labute approximate surface area is 93.4 Å². The standard InChI is InChI=1S/C13H24N2/c1-2-5-12(4-1)13-6-3-7-15(13)10-11-8-14-9-11/h11-14H,1-10H2. The van der Waals surface area contributed by atoms with E-state index in [2.05, 4.69) is 10.2 Å². The molecular weight excluding hydrogens is 184 g/mol. The molecular formula is C13H24N2. The zero-order valence-corrected chi connectivity index (χ0v) is 9.75. The van der Waals surface area contributed by atoms with E-state index in [1.165, 1.54) is 64.7 Å². The predicted octanol–water partition coefficient (Wildman–Crippen LogP) is 1.86. The van der Waals surface area contributed by atoms with Gasteiger partial charge in [0.15, 0.2) is 0 Å². The zero-order chi connectivity index (χ0) is 10.1. The minimum absolute atomic E-state index is 0.965. The molecule has 2 heteroatoms. The van der Waals surface area contributed by atoms with Crippen molar-refractivity contribution < 1.29 is 0 Å². The summed E-state index contributed by atoms with van der Waals surface area (Å²) in [5.74, 6) is 2.02. The molecule has 2 aliphatic heterocycles. The Bertz CT molecular complexity index is 207. The van der Waals surface area contributed by atoms with E-state index in [0.717, 1.165) is 17.9 Å². The molecule has 2 saturated heterocycles. The summed E-state index contributed by atoms with van der Waals surface area (Å²) >= 11 is 0. The lowest BCUT2D eigenvalue weighted by Crippen LogP contribution is -2.50. The van der Waals surface area contributed by atoms with Crippen LogP contribution in [0.3, 0.4) is 0 Å². The van der Waals surface area contributed by atoms with Gasteiger partial charge in [0, 0.05) is 25.7 Å². The van der Waals surface area contributed by atoms with Crippen LogP contribution in [0.15, 0.2) is 0 Å². The lowest BCUT2D eigenvalue weighted by atomic mass is 9.94. The van der Waals surface area contributed by atoms with E-state index < -0.39 is 0 Å². The lowest BCUT2D eigenvalue weighted by Gasteiger charge is -2.36. The summed E-state index contributed by atoms with van der Waals surface area (Å²) in [5.41, 5.74) is 0. The Kier molecular flexibility index (Phi) is 2.98. The van der Waals surface area contributed by atoms with Crippen LogP contribution in [0.5, 0.6) is 0 Å². The van der Waals surface area contributed by atoms with Gasteiger partial charge in [-0.15, -0.1) is 0 Å². The van der Waals surface area contributed by atoms with E-state index in [4.69, 9.17) is 0 Å². The van der Waals surface area contributed by atoms with Crippen LogP contribution in [0, 0.1) is 11.8 Å². The second-order valence-electron chi connectivity index (χ2n) is 5.77. The first-order chi connectivity index (χ1) is 7.43. The average molecular weight is 208 g/mol. The van der Waals surface area contributed by atoms with Crippen LogP contribution in [0.2, 0.25) is 0 Å². The highest BCUT2D eigenvalue weighted by molar-refractivity contribution is 4.90. The summed E-state index contributed by atoms with van der Waals surface area (Å²) in [6.45, 7) is 5.31. The molecule has 0 spiro atoms. The Morgan fingerprint density at radius 3 is 2.47 bits per heavy atom. The van der Waals surface area contributed by atoms with Gasteiger partial charge in [0.25, 0.3) is 0 Å². The molecule has 3 aliphatic rings. The number of hydrogen-bond donors (Lipinski definition) is 1. The van der Waals surface area contributed by atoms with Gasteiger partial charge >= 0.3 is 0 Å². The molecule has 0 amide bonds. The molecule has 2 heterocycles. The maximum Gasteiger partial charge on any atom is 0.0124 e. The highest BCUT2D eigenvalue weighted by atomic mass is 15.2. The summed E-state index contributed by atoms with van der Waals surface area (Å²) in [7, 11) is 0. The largest absolute Gasteiger partial charge is 0.316 e. The van der Waals surface area contributed by atoms with Crippen molar-refractivity contribution in [3.05, 3.63) is 0 Å². The molecule has 3 rings (SSSR count). The first-order valence-corrected chi connectivity index (χ1v) is 6.88. The van der Waals surface area contributed by atoms with Crippen molar-refractivity contribution in [3.63, 3.8) is 0 Å². The fraction of sp³-hybridized carbons (Fsp3) is 1.00. The minimum atomic E-state index is 0.965. The van der Waals surface area contributed by atoms with Crippen molar-refractivity contribution in [3.8, 4) is 0 Å². The number of likely N-dealkylation sites (tertiary alicyclic amines) is 1. The minimum Gasteiger partial charge on any atom is -0.316 e. The van der Waals surface area contributed by atoms with Crippen molar-refractivity contribution in [1.29, 1.82) is 0 Å². The fourth-order valence-electron chi connectivity index (χ4n) is 3.76. The maximum absolute atomic E-state index is 3.39. The van der Waals surface area contributed by atoms with Crippen molar-refractivity contribution in [2.75, 3.05) is 26.2 Å². The van der Waals surface area contributed by atoms with E-state index >= 15 is 0 Å². The van der Waals surface area contributed by atoms with Gasteiger partial charge in [0.1, 0.15) is 0 Å². The van der Waals surface area contributed by atoms with Crippen molar-refractivity contribution in [2.24, 2.45) is 11.8 Å². The molecule has 0 aromatic heterocycles. The average Bonchev–Trinajstić information content (AvgIpc) is 2.81. The van der Waals surface area contributed by atoms with Gasteiger partial charge in [0.2, 0.25) is 0 Å². The van der Waals surface area contributed by atoms with Crippen molar-refractivity contribution in [1.82, 2.24) is 10.2 Å². The molecule has 86 valence electrons. The molecule has 0 bridgehead atoms. The Morgan fingerprint density at radius 2 is 1.80 bits per heavy atom. The summed E-state index contributed by atoms with van der Waals surface area (Å²) in [4.78, 5) is 2.82. The topological polar surface area (TPSA) is 15.3 Å². The maximum atomic E-state index is 3.39. The van der Waals surface area contributed by atoms with E-state index in [0.29, 0.717) is 0 Å². The van der Waals surface area contributed by atoms with Gasteiger partial charge in [-0.25, -0.2) is 0 Å².